The monoisotopic (exact) mass is 360 g/mol. The summed E-state index contributed by atoms with van der Waals surface area (Å²) in [5.74, 6) is 5.14. The maximum atomic E-state index is 12.3. The minimum absolute atomic E-state index is 0.308. The zero-order chi connectivity index (χ0) is 18.5. The highest BCUT2D eigenvalue weighted by Gasteiger charge is 2.60. The zero-order valence-corrected chi connectivity index (χ0v) is 17.6. The van der Waals surface area contributed by atoms with Gasteiger partial charge < -0.3 is 4.74 Å². The van der Waals surface area contributed by atoms with Gasteiger partial charge in [0, 0.05) is 19.1 Å². The molecule has 4 aliphatic carbocycles. The molecule has 8 atom stereocenters. The van der Waals surface area contributed by atoms with Crippen LogP contribution in [0.5, 0.6) is 0 Å². The number of hydrogen-bond acceptors (Lipinski definition) is 2. The van der Waals surface area contributed by atoms with E-state index in [1.807, 2.05) is 6.92 Å². The first kappa shape index (κ1) is 19.0. The lowest BCUT2D eigenvalue weighted by Crippen LogP contribution is -2.54. The molecular formula is C24H40O2. The number of carbonyl (C=O) groups is 1. The molecule has 0 aromatic rings. The first-order chi connectivity index (χ1) is 12.4. The smallest absolute Gasteiger partial charge is 0.133 e. The number of ketones is 1. The lowest BCUT2D eigenvalue weighted by Gasteiger charge is -2.61. The standard InChI is InChI=1S/C24H40O2/c1-5-26-15-17-10-12-23(3)18(14-17)6-7-19-21-9-8-20(16(2)25)24(21,4)13-11-22(19)23/h17-22H,5-15H2,1-4H3. The van der Waals surface area contributed by atoms with Crippen molar-refractivity contribution in [2.24, 2.45) is 46.3 Å². The molecule has 0 spiro atoms. The molecule has 2 nitrogen and oxygen atoms in total. The van der Waals surface area contributed by atoms with E-state index in [1.165, 1.54) is 51.4 Å². The molecule has 8 unspecified atom stereocenters. The molecule has 4 saturated carbocycles. The Balaban J connectivity index is 1.51. The van der Waals surface area contributed by atoms with E-state index in [-0.39, 0.29) is 0 Å². The Morgan fingerprint density at radius 3 is 2.42 bits per heavy atom. The maximum absolute atomic E-state index is 12.3. The highest BCUT2D eigenvalue weighted by atomic mass is 16.5. The molecule has 2 heteroatoms. The molecule has 0 aromatic carbocycles. The molecule has 26 heavy (non-hydrogen) atoms. The molecule has 4 fully saturated rings. The first-order valence-electron chi connectivity index (χ1n) is 11.5. The summed E-state index contributed by atoms with van der Waals surface area (Å²) in [6.07, 6.45) is 12.2. The predicted octanol–water partition coefficient (Wildman–Crippen LogP) is 5.89. The van der Waals surface area contributed by atoms with E-state index in [0.29, 0.717) is 22.5 Å². The van der Waals surface area contributed by atoms with Gasteiger partial charge in [0.25, 0.3) is 0 Å². The molecule has 0 heterocycles. The van der Waals surface area contributed by atoms with E-state index in [4.69, 9.17) is 4.74 Å². The van der Waals surface area contributed by atoms with Gasteiger partial charge in [-0.2, -0.15) is 0 Å². The van der Waals surface area contributed by atoms with Crippen molar-refractivity contribution < 1.29 is 9.53 Å². The van der Waals surface area contributed by atoms with E-state index in [9.17, 15) is 4.79 Å². The average molecular weight is 361 g/mol. The van der Waals surface area contributed by atoms with Gasteiger partial charge in [-0.15, -0.1) is 0 Å². The van der Waals surface area contributed by atoms with Crippen LogP contribution in [0.4, 0.5) is 0 Å². The Morgan fingerprint density at radius 2 is 1.69 bits per heavy atom. The van der Waals surface area contributed by atoms with Gasteiger partial charge in [-0.05, 0) is 112 Å². The van der Waals surface area contributed by atoms with Crippen LogP contribution in [-0.2, 0) is 9.53 Å². The second-order valence-electron chi connectivity index (χ2n) is 10.7. The van der Waals surface area contributed by atoms with Gasteiger partial charge in [-0.25, -0.2) is 0 Å². The van der Waals surface area contributed by atoms with E-state index >= 15 is 0 Å². The minimum atomic E-state index is 0.308. The highest BCUT2D eigenvalue weighted by Crippen LogP contribution is 2.67. The lowest BCUT2D eigenvalue weighted by molar-refractivity contribution is -0.136. The summed E-state index contributed by atoms with van der Waals surface area (Å²) < 4.78 is 5.76. The van der Waals surface area contributed by atoms with Crippen LogP contribution in [-0.4, -0.2) is 19.0 Å². The second-order valence-corrected chi connectivity index (χ2v) is 10.7. The summed E-state index contributed by atoms with van der Waals surface area (Å²) in [7, 11) is 0. The summed E-state index contributed by atoms with van der Waals surface area (Å²) in [6, 6.07) is 0. The number of rotatable bonds is 4. The van der Waals surface area contributed by atoms with Crippen LogP contribution in [0.15, 0.2) is 0 Å². The Morgan fingerprint density at radius 1 is 0.962 bits per heavy atom. The van der Waals surface area contributed by atoms with Crippen LogP contribution in [0.3, 0.4) is 0 Å². The summed E-state index contributed by atoms with van der Waals surface area (Å²) >= 11 is 0. The SMILES string of the molecule is CCOCC1CCC2(C)C(CCC3C2CCC2(C)C(C(C)=O)CCC32)C1. The molecule has 0 N–H and O–H groups in total. The molecule has 0 saturated heterocycles. The van der Waals surface area contributed by atoms with Crippen molar-refractivity contribution in [1.82, 2.24) is 0 Å². The average Bonchev–Trinajstić information content (AvgIpc) is 2.97. The van der Waals surface area contributed by atoms with Crippen LogP contribution in [0.2, 0.25) is 0 Å². The number of hydrogen-bond donors (Lipinski definition) is 0. The number of fused-ring (bicyclic) bond motifs is 5. The van der Waals surface area contributed by atoms with Crippen molar-refractivity contribution in [3.8, 4) is 0 Å². The molecule has 0 aliphatic heterocycles. The Kier molecular flexibility index (Phi) is 5.04. The first-order valence-corrected chi connectivity index (χ1v) is 11.5. The molecular weight excluding hydrogens is 320 g/mol. The summed E-state index contributed by atoms with van der Waals surface area (Å²) in [6.45, 7) is 10.9. The van der Waals surface area contributed by atoms with E-state index in [1.54, 1.807) is 0 Å². The van der Waals surface area contributed by atoms with Crippen LogP contribution in [0.25, 0.3) is 0 Å². The van der Waals surface area contributed by atoms with Crippen LogP contribution >= 0.6 is 0 Å². The molecule has 0 amide bonds. The second kappa shape index (κ2) is 6.90. The number of Topliss-reactive ketones (excluding diaryl/α,β-unsaturated/α-hetero) is 1. The third-order valence-corrected chi connectivity index (χ3v) is 9.82. The third kappa shape index (κ3) is 2.81. The highest BCUT2D eigenvalue weighted by molar-refractivity contribution is 5.79. The molecule has 0 bridgehead atoms. The number of carbonyl (C=O) groups excluding carboxylic acids is 1. The van der Waals surface area contributed by atoms with Crippen LogP contribution in [0, 0.1) is 46.3 Å². The summed E-state index contributed by atoms with van der Waals surface area (Å²) in [5.41, 5.74) is 0.865. The van der Waals surface area contributed by atoms with Crippen LogP contribution < -0.4 is 0 Å². The van der Waals surface area contributed by atoms with Crippen molar-refractivity contribution in [1.29, 1.82) is 0 Å². The zero-order valence-electron chi connectivity index (χ0n) is 17.6. The molecule has 4 aliphatic rings. The molecule has 0 aromatic heterocycles. The maximum Gasteiger partial charge on any atom is 0.133 e. The van der Waals surface area contributed by atoms with Crippen molar-refractivity contribution in [3.63, 3.8) is 0 Å². The van der Waals surface area contributed by atoms with Gasteiger partial charge in [-0.1, -0.05) is 13.8 Å². The minimum Gasteiger partial charge on any atom is -0.381 e. The van der Waals surface area contributed by atoms with Gasteiger partial charge in [0.05, 0.1) is 0 Å². The Hall–Kier alpha value is -0.370. The van der Waals surface area contributed by atoms with Crippen LogP contribution in [0.1, 0.15) is 85.5 Å². The van der Waals surface area contributed by atoms with E-state index in [2.05, 4.69) is 20.8 Å². The largest absolute Gasteiger partial charge is 0.381 e. The molecule has 0 radical (unpaired) electrons. The van der Waals surface area contributed by atoms with Crippen molar-refractivity contribution in [2.45, 2.75) is 85.5 Å². The van der Waals surface area contributed by atoms with Gasteiger partial charge in [0.15, 0.2) is 0 Å². The van der Waals surface area contributed by atoms with Crippen molar-refractivity contribution >= 4 is 5.78 Å². The fourth-order valence-electron chi connectivity index (χ4n) is 8.45. The predicted molar refractivity (Wildman–Crippen MR) is 106 cm³/mol. The van der Waals surface area contributed by atoms with E-state index in [0.717, 1.165) is 49.2 Å². The van der Waals surface area contributed by atoms with Gasteiger partial charge >= 0.3 is 0 Å². The normalized spacial score (nSPS) is 50.6. The Bertz CT molecular complexity index is 542. The number of ether oxygens (including phenoxy) is 1. The van der Waals surface area contributed by atoms with Gasteiger partial charge in [-0.3, -0.25) is 4.79 Å². The quantitative estimate of drug-likeness (QED) is 0.625. The summed E-state index contributed by atoms with van der Waals surface area (Å²) in [4.78, 5) is 12.3. The summed E-state index contributed by atoms with van der Waals surface area (Å²) in [5, 5.41) is 0. The third-order valence-electron chi connectivity index (χ3n) is 9.82. The fourth-order valence-corrected chi connectivity index (χ4v) is 8.45. The van der Waals surface area contributed by atoms with Crippen molar-refractivity contribution in [3.05, 3.63) is 0 Å². The molecule has 148 valence electrons. The lowest BCUT2D eigenvalue weighted by atomic mass is 9.44. The van der Waals surface area contributed by atoms with Gasteiger partial charge in [0.2, 0.25) is 0 Å². The Labute approximate surface area is 160 Å². The van der Waals surface area contributed by atoms with Gasteiger partial charge in [0.1, 0.15) is 5.78 Å². The van der Waals surface area contributed by atoms with E-state index < -0.39 is 0 Å². The fraction of sp³-hybridized carbons (Fsp3) is 0.958. The topological polar surface area (TPSA) is 26.3 Å². The molecule has 4 rings (SSSR count). The van der Waals surface area contributed by atoms with Crippen molar-refractivity contribution in [2.75, 3.05) is 13.2 Å².